The highest BCUT2D eigenvalue weighted by molar-refractivity contribution is 7.90. The molecule has 0 aliphatic carbocycles. The summed E-state index contributed by atoms with van der Waals surface area (Å²) >= 11 is 0. The predicted molar refractivity (Wildman–Crippen MR) is 95.2 cm³/mol. The van der Waals surface area contributed by atoms with E-state index in [4.69, 9.17) is 4.74 Å². The highest BCUT2D eigenvalue weighted by Crippen LogP contribution is 2.26. The number of sulfone groups is 1. The molecule has 132 valence electrons. The second-order valence-corrected chi connectivity index (χ2v) is 8.03. The van der Waals surface area contributed by atoms with Crippen LogP contribution in [0, 0.1) is 20.8 Å². The lowest BCUT2D eigenvalue weighted by Gasteiger charge is -2.12. The van der Waals surface area contributed by atoms with Gasteiger partial charge in [0.05, 0.1) is 18.6 Å². The number of rotatable bonds is 7. The van der Waals surface area contributed by atoms with Gasteiger partial charge in [0, 0.05) is 17.8 Å². The van der Waals surface area contributed by atoms with Gasteiger partial charge >= 0.3 is 0 Å². The Morgan fingerprint density at radius 1 is 1.21 bits per heavy atom. The summed E-state index contributed by atoms with van der Waals surface area (Å²) in [5.74, 6) is 0.476. The lowest BCUT2D eigenvalue weighted by Crippen LogP contribution is -2.14. The molecule has 1 aromatic heterocycles. The summed E-state index contributed by atoms with van der Waals surface area (Å²) in [7, 11) is -2.00. The number of aryl methyl sites for hydroxylation is 2. The molecule has 1 aromatic carbocycles. The van der Waals surface area contributed by atoms with Crippen LogP contribution in [0.25, 0.3) is 0 Å². The maximum atomic E-state index is 13.0. The summed E-state index contributed by atoms with van der Waals surface area (Å²) in [6.07, 6.45) is 1.93. The van der Waals surface area contributed by atoms with E-state index in [1.54, 1.807) is 13.2 Å². The molecule has 0 aliphatic heterocycles. The van der Waals surface area contributed by atoms with Crippen molar-refractivity contribution < 1.29 is 13.2 Å². The quantitative estimate of drug-likeness (QED) is 0.765. The van der Waals surface area contributed by atoms with Gasteiger partial charge in [-0.2, -0.15) is 0 Å². The minimum atomic E-state index is -3.55. The largest absolute Gasteiger partial charge is 0.496 e. The molecular weight excluding hydrogens is 324 g/mol. The first-order valence-corrected chi connectivity index (χ1v) is 9.85. The number of benzene rings is 1. The molecule has 6 heteroatoms. The first kappa shape index (κ1) is 18.5. The lowest BCUT2D eigenvalue weighted by atomic mass is 10.1. The van der Waals surface area contributed by atoms with Crippen LogP contribution in [-0.2, 0) is 22.1 Å². The van der Waals surface area contributed by atoms with Crippen molar-refractivity contribution in [2.75, 3.05) is 7.11 Å². The molecule has 2 rings (SSSR count). The van der Waals surface area contributed by atoms with Crippen molar-refractivity contribution >= 4 is 9.84 Å². The molecule has 0 fully saturated rings. The molecule has 0 amide bonds. The second-order valence-electron chi connectivity index (χ2n) is 6.14. The molecule has 0 spiro atoms. The summed E-state index contributed by atoms with van der Waals surface area (Å²) < 4.78 is 33.1. The fourth-order valence-electron chi connectivity index (χ4n) is 2.73. The van der Waals surface area contributed by atoms with Gasteiger partial charge in [-0.1, -0.05) is 31.0 Å². The van der Waals surface area contributed by atoms with Crippen molar-refractivity contribution in [2.45, 2.75) is 58.0 Å². The molecule has 0 saturated heterocycles. The Hall–Kier alpha value is -1.82. The minimum absolute atomic E-state index is 0.111. The third kappa shape index (κ3) is 3.80. The van der Waals surface area contributed by atoms with E-state index in [2.05, 4.69) is 11.9 Å². The number of ether oxygens (including phenoxy) is 1. The van der Waals surface area contributed by atoms with Crippen molar-refractivity contribution in [3.63, 3.8) is 0 Å². The number of aromatic nitrogens is 2. The molecule has 24 heavy (non-hydrogen) atoms. The Bertz CT molecular complexity index is 823. The molecule has 0 saturated carbocycles. The van der Waals surface area contributed by atoms with E-state index in [-0.39, 0.29) is 10.9 Å². The summed E-state index contributed by atoms with van der Waals surface area (Å²) in [5.41, 5.74) is 3.35. The Kier molecular flexibility index (Phi) is 5.70. The molecule has 0 N–H and O–H groups in total. The Labute approximate surface area is 144 Å². The Morgan fingerprint density at radius 3 is 2.54 bits per heavy atom. The SMILES string of the molecule is CCCCn1c(S(=O)(=O)Cc2cc(C)ccc2OC)nc(C)c1C. The number of methoxy groups -OCH3 is 1. The number of unbranched alkanes of at least 4 members (excludes halogenated alkanes) is 1. The van der Waals surface area contributed by atoms with Crippen LogP contribution in [0.4, 0.5) is 0 Å². The van der Waals surface area contributed by atoms with E-state index in [1.807, 2.05) is 37.5 Å². The van der Waals surface area contributed by atoms with Crippen molar-refractivity contribution in [2.24, 2.45) is 0 Å². The highest BCUT2D eigenvalue weighted by atomic mass is 32.2. The predicted octanol–water partition coefficient (Wildman–Crippen LogP) is 3.59. The van der Waals surface area contributed by atoms with E-state index >= 15 is 0 Å². The standard InChI is InChI=1S/C18H26N2O3S/c1-6-7-10-20-15(4)14(3)19-18(20)24(21,22)12-16-11-13(2)8-9-17(16)23-5/h8-9,11H,6-7,10,12H2,1-5H3. The summed E-state index contributed by atoms with van der Waals surface area (Å²) in [4.78, 5) is 4.34. The van der Waals surface area contributed by atoms with Crippen LogP contribution in [0.1, 0.15) is 42.3 Å². The van der Waals surface area contributed by atoms with Gasteiger partial charge < -0.3 is 9.30 Å². The molecule has 0 radical (unpaired) electrons. The minimum Gasteiger partial charge on any atom is -0.496 e. The highest BCUT2D eigenvalue weighted by Gasteiger charge is 2.25. The molecule has 5 nitrogen and oxygen atoms in total. The second kappa shape index (κ2) is 7.38. The normalized spacial score (nSPS) is 11.7. The van der Waals surface area contributed by atoms with Crippen LogP contribution in [-0.4, -0.2) is 25.1 Å². The maximum Gasteiger partial charge on any atom is 0.228 e. The van der Waals surface area contributed by atoms with E-state index in [0.29, 0.717) is 17.9 Å². The number of hydrogen-bond acceptors (Lipinski definition) is 4. The average Bonchev–Trinajstić information content (AvgIpc) is 2.81. The summed E-state index contributed by atoms with van der Waals surface area (Å²) in [5, 5.41) is 0.162. The van der Waals surface area contributed by atoms with E-state index in [0.717, 1.165) is 29.8 Å². The zero-order valence-electron chi connectivity index (χ0n) is 15.1. The zero-order chi connectivity index (χ0) is 17.9. The van der Waals surface area contributed by atoms with Gasteiger partial charge in [-0.25, -0.2) is 13.4 Å². The maximum absolute atomic E-state index is 13.0. The third-order valence-electron chi connectivity index (χ3n) is 4.22. The van der Waals surface area contributed by atoms with Gasteiger partial charge in [0.1, 0.15) is 5.75 Å². The lowest BCUT2D eigenvalue weighted by molar-refractivity contribution is 0.410. The Balaban J connectivity index is 2.45. The fourth-order valence-corrected chi connectivity index (χ4v) is 4.33. The third-order valence-corrected chi connectivity index (χ3v) is 5.78. The summed E-state index contributed by atoms with van der Waals surface area (Å²) in [6, 6.07) is 5.57. The van der Waals surface area contributed by atoms with E-state index in [9.17, 15) is 8.42 Å². The first-order valence-electron chi connectivity index (χ1n) is 8.20. The van der Waals surface area contributed by atoms with Crippen LogP contribution in [0.2, 0.25) is 0 Å². The van der Waals surface area contributed by atoms with E-state index < -0.39 is 9.84 Å². The van der Waals surface area contributed by atoms with Crippen molar-refractivity contribution in [3.05, 3.63) is 40.7 Å². The Morgan fingerprint density at radius 2 is 1.92 bits per heavy atom. The van der Waals surface area contributed by atoms with Crippen molar-refractivity contribution in [3.8, 4) is 5.75 Å². The van der Waals surface area contributed by atoms with Gasteiger partial charge in [0.15, 0.2) is 0 Å². The van der Waals surface area contributed by atoms with Gasteiger partial charge in [0.25, 0.3) is 0 Å². The molecule has 2 aromatic rings. The van der Waals surface area contributed by atoms with Gasteiger partial charge in [-0.3, -0.25) is 0 Å². The number of imidazole rings is 1. The van der Waals surface area contributed by atoms with Crippen molar-refractivity contribution in [1.29, 1.82) is 0 Å². The topological polar surface area (TPSA) is 61.2 Å². The molecule has 0 unspecified atom stereocenters. The number of nitrogens with zero attached hydrogens (tertiary/aromatic N) is 2. The van der Waals surface area contributed by atoms with Gasteiger partial charge in [-0.05, 0) is 33.3 Å². The molecular formula is C18H26N2O3S. The van der Waals surface area contributed by atoms with Gasteiger partial charge in [0.2, 0.25) is 15.0 Å². The molecule has 0 bridgehead atoms. The van der Waals surface area contributed by atoms with E-state index in [1.165, 1.54) is 0 Å². The zero-order valence-corrected chi connectivity index (χ0v) is 15.9. The molecule has 1 heterocycles. The van der Waals surface area contributed by atoms with Crippen molar-refractivity contribution in [1.82, 2.24) is 9.55 Å². The monoisotopic (exact) mass is 350 g/mol. The van der Waals surface area contributed by atoms with Crippen LogP contribution in [0.3, 0.4) is 0 Å². The van der Waals surface area contributed by atoms with Crippen LogP contribution in [0.5, 0.6) is 5.75 Å². The molecule has 0 aliphatic rings. The molecule has 0 atom stereocenters. The van der Waals surface area contributed by atoms with Gasteiger partial charge in [-0.15, -0.1) is 0 Å². The average molecular weight is 350 g/mol. The number of hydrogen-bond donors (Lipinski definition) is 0. The summed E-state index contributed by atoms with van der Waals surface area (Å²) in [6.45, 7) is 8.47. The first-order chi connectivity index (χ1) is 11.3. The van der Waals surface area contributed by atoms with Crippen LogP contribution in [0.15, 0.2) is 23.4 Å². The van der Waals surface area contributed by atoms with Crippen LogP contribution < -0.4 is 4.74 Å². The smallest absolute Gasteiger partial charge is 0.228 e. The van der Waals surface area contributed by atoms with Crippen LogP contribution >= 0.6 is 0 Å². The fraction of sp³-hybridized carbons (Fsp3) is 0.500.